The normalized spacial score (nSPS) is 11.7. The number of H-pyrrole nitrogens is 1. The molecule has 8 nitrogen and oxygen atoms in total. The number of hydrogen-bond donors (Lipinski definition) is 3. The lowest BCUT2D eigenvalue weighted by Gasteiger charge is -2.16. The largest absolute Gasteiger partial charge is 0.497 e. The summed E-state index contributed by atoms with van der Waals surface area (Å²) in [6.45, 7) is 1.39. The standard InChI is InChI=1S/C24H24N4O4S/c1-14(29)26-20(10-15-12-25-19-7-5-4-6-17(15)19)23(30)28-24-27-21(13-33-24)18-11-16(31-2)8-9-22(18)32-3/h4-9,11-13,20,25H,10H2,1-3H3,(H,26,29)(H,27,28,30)/t20-/m1/s1. The summed E-state index contributed by atoms with van der Waals surface area (Å²) in [6, 6.07) is 12.5. The molecule has 0 saturated carbocycles. The lowest BCUT2D eigenvalue weighted by molar-refractivity contribution is -0.125. The number of thiazole rings is 1. The number of ether oxygens (including phenoxy) is 2. The molecule has 0 radical (unpaired) electrons. The van der Waals surface area contributed by atoms with Crippen LogP contribution in [0, 0.1) is 0 Å². The number of carbonyl (C=O) groups is 2. The summed E-state index contributed by atoms with van der Waals surface area (Å²) in [4.78, 5) is 32.6. The molecule has 33 heavy (non-hydrogen) atoms. The van der Waals surface area contributed by atoms with Crippen molar-refractivity contribution in [3.63, 3.8) is 0 Å². The van der Waals surface area contributed by atoms with Crippen molar-refractivity contribution in [3.05, 3.63) is 59.6 Å². The van der Waals surface area contributed by atoms with Crippen LogP contribution in [0.15, 0.2) is 54.0 Å². The third-order valence-corrected chi connectivity index (χ3v) is 5.97. The van der Waals surface area contributed by atoms with Gasteiger partial charge >= 0.3 is 0 Å². The fourth-order valence-corrected chi connectivity index (χ4v) is 4.35. The third kappa shape index (κ3) is 4.98. The van der Waals surface area contributed by atoms with Gasteiger partial charge in [0.05, 0.1) is 19.9 Å². The van der Waals surface area contributed by atoms with Crippen molar-refractivity contribution in [1.29, 1.82) is 0 Å². The summed E-state index contributed by atoms with van der Waals surface area (Å²) in [5.74, 6) is 0.702. The van der Waals surface area contributed by atoms with Crippen LogP contribution in [0.1, 0.15) is 12.5 Å². The topological polar surface area (TPSA) is 105 Å². The van der Waals surface area contributed by atoms with E-state index in [4.69, 9.17) is 9.47 Å². The molecular formula is C24H24N4O4S. The number of carbonyl (C=O) groups excluding carboxylic acids is 2. The van der Waals surface area contributed by atoms with Crippen LogP contribution >= 0.6 is 11.3 Å². The van der Waals surface area contributed by atoms with E-state index in [1.807, 2.05) is 41.9 Å². The average molecular weight is 465 g/mol. The number of aromatic nitrogens is 2. The van der Waals surface area contributed by atoms with Crippen molar-refractivity contribution < 1.29 is 19.1 Å². The van der Waals surface area contributed by atoms with Crippen LogP contribution in [0.4, 0.5) is 5.13 Å². The minimum Gasteiger partial charge on any atom is -0.497 e. The zero-order chi connectivity index (χ0) is 23.4. The lowest BCUT2D eigenvalue weighted by Crippen LogP contribution is -2.44. The van der Waals surface area contributed by atoms with E-state index in [0.29, 0.717) is 28.7 Å². The number of fused-ring (bicyclic) bond motifs is 1. The van der Waals surface area contributed by atoms with E-state index in [1.54, 1.807) is 26.4 Å². The Bertz CT molecular complexity index is 1300. The minimum atomic E-state index is -0.750. The Kier molecular flexibility index (Phi) is 6.60. The molecule has 0 fully saturated rings. The summed E-state index contributed by atoms with van der Waals surface area (Å²) in [5.41, 5.74) is 3.33. The van der Waals surface area contributed by atoms with Crippen molar-refractivity contribution in [2.45, 2.75) is 19.4 Å². The number of benzene rings is 2. The van der Waals surface area contributed by atoms with Gasteiger partial charge in [0.2, 0.25) is 11.8 Å². The molecule has 2 amide bonds. The van der Waals surface area contributed by atoms with Crippen LogP contribution in [0.3, 0.4) is 0 Å². The average Bonchev–Trinajstić information content (AvgIpc) is 3.45. The molecule has 1 atom stereocenters. The van der Waals surface area contributed by atoms with Crippen LogP contribution in [0.2, 0.25) is 0 Å². The number of nitrogens with one attached hydrogen (secondary N) is 3. The highest BCUT2D eigenvalue weighted by atomic mass is 32.1. The molecule has 0 aliphatic carbocycles. The molecule has 4 rings (SSSR count). The number of hydrogen-bond acceptors (Lipinski definition) is 6. The molecule has 2 aromatic heterocycles. The SMILES string of the molecule is COc1ccc(OC)c(-c2csc(NC(=O)[C@@H](Cc3c[nH]c4ccccc34)NC(C)=O)n2)c1. The molecule has 170 valence electrons. The Hall–Kier alpha value is -3.85. The molecule has 0 aliphatic heterocycles. The Balaban J connectivity index is 1.54. The predicted octanol–water partition coefficient (Wildman–Crippen LogP) is 3.99. The number of para-hydroxylation sites is 1. The molecule has 0 bridgehead atoms. The summed E-state index contributed by atoms with van der Waals surface area (Å²) < 4.78 is 10.7. The summed E-state index contributed by atoms with van der Waals surface area (Å²) in [7, 11) is 3.18. The molecule has 9 heteroatoms. The fraction of sp³-hybridized carbons (Fsp3) is 0.208. The predicted molar refractivity (Wildman–Crippen MR) is 129 cm³/mol. The van der Waals surface area contributed by atoms with E-state index in [-0.39, 0.29) is 11.8 Å². The van der Waals surface area contributed by atoms with E-state index < -0.39 is 6.04 Å². The van der Waals surface area contributed by atoms with Crippen molar-refractivity contribution in [3.8, 4) is 22.8 Å². The highest BCUT2D eigenvalue weighted by molar-refractivity contribution is 7.14. The van der Waals surface area contributed by atoms with Gasteiger partial charge < -0.3 is 25.1 Å². The van der Waals surface area contributed by atoms with Gasteiger partial charge in [0.1, 0.15) is 17.5 Å². The zero-order valence-corrected chi connectivity index (χ0v) is 19.3. The van der Waals surface area contributed by atoms with Crippen LogP contribution in [0.25, 0.3) is 22.2 Å². The van der Waals surface area contributed by atoms with Gasteiger partial charge in [0.25, 0.3) is 0 Å². The molecule has 2 aromatic carbocycles. The van der Waals surface area contributed by atoms with Crippen molar-refractivity contribution in [2.75, 3.05) is 19.5 Å². The smallest absolute Gasteiger partial charge is 0.249 e. The van der Waals surface area contributed by atoms with Crippen LogP contribution < -0.4 is 20.1 Å². The van der Waals surface area contributed by atoms with E-state index in [9.17, 15) is 9.59 Å². The maximum atomic E-state index is 13.1. The molecule has 2 heterocycles. The van der Waals surface area contributed by atoms with Crippen molar-refractivity contribution in [2.24, 2.45) is 0 Å². The highest BCUT2D eigenvalue weighted by Gasteiger charge is 2.23. The van der Waals surface area contributed by atoms with Gasteiger partial charge in [-0.15, -0.1) is 11.3 Å². The van der Waals surface area contributed by atoms with E-state index in [0.717, 1.165) is 22.0 Å². The number of rotatable bonds is 8. The molecule has 0 spiro atoms. The van der Waals surface area contributed by atoms with Crippen LogP contribution in [-0.4, -0.2) is 42.0 Å². The van der Waals surface area contributed by atoms with Crippen molar-refractivity contribution >= 4 is 39.2 Å². The van der Waals surface area contributed by atoms with Gasteiger partial charge in [0, 0.05) is 41.4 Å². The van der Waals surface area contributed by atoms with Gasteiger partial charge in [-0.1, -0.05) is 18.2 Å². The van der Waals surface area contributed by atoms with Gasteiger partial charge in [0.15, 0.2) is 5.13 Å². The second kappa shape index (κ2) is 9.74. The molecule has 0 aliphatic rings. The molecule has 4 aromatic rings. The highest BCUT2D eigenvalue weighted by Crippen LogP contribution is 2.35. The minimum absolute atomic E-state index is 0.282. The molecule has 3 N–H and O–H groups in total. The van der Waals surface area contributed by atoms with Gasteiger partial charge in [-0.2, -0.15) is 0 Å². The van der Waals surface area contributed by atoms with E-state index >= 15 is 0 Å². The first kappa shape index (κ1) is 22.3. The Labute approximate surface area is 195 Å². The third-order valence-electron chi connectivity index (χ3n) is 5.21. The Morgan fingerprint density at radius 2 is 1.97 bits per heavy atom. The Morgan fingerprint density at radius 1 is 1.15 bits per heavy atom. The number of methoxy groups -OCH3 is 2. The number of anilines is 1. The van der Waals surface area contributed by atoms with Gasteiger partial charge in [-0.3, -0.25) is 9.59 Å². The molecular weight excluding hydrogens is 440 g/mol. The van der Waals surface area contributed by atoms with E-state index in [1.165, 1.54) is 18.3 Å². The monoisotopic (exact) mass is 464 g/mol. The first-order chi connectivity index (χ1) is 16.0. The van der Waals surface area contributed by atoms with Crippen LogP contribution in [0.5, 0.6) is 11.5 Å². The molecule has 0 saturated heterocycles. The van der Waals surface area contributed by atoms with Gasteiger partial charge in [-0.05, 0) is 29.8 Å². The second-order valence-corrected chi connectivity index (χ2v) is 8.27. The second-order valence-electron chi connectivity index (χ2n) is 7.41. The maximum Gasteiger partial charge on any atom is 0.249 e. The van der Waals surface area contributed by atoms with E-state index in [2.05, 4.69) is 20.6 Å². The summed E-state index contributed by atoms with van der Waals surface area (Å²) in [5, 5.41) is 8.86. The fourth-order valence-electron chi connectivity index (χ4n) is 3.64. The number of aromatic amines is 1. The maximum absolute atomic E-state index is 13.1. The first-order valence-electron chi connectivity index (χ1n) is 10.3. The lowest BCUT2D eigenvalue weighted by atomic mass is 10.0. The quantitative estimate of drug-likeness (QED) is 0.366. The first-order valence-corrected chi connectivity index (χ1v) is 11.2. The molecule has 0 unspecified atom stereocenters. The van der Waals surface area contributed by atoms with Crippen LogP contribution in [-0.2, 0) is 16.0 Å². The zero-order valence-electron chi connectivity index (χ0n) is 18.5. The number of nitrogens with zero attached hydrogens (tertiary/aromatic N) is 1. The van der Waals surface area contributed by atoms with Gasteiger partial charge in [-0.25, -0.2) is 4.98 Å². The Morgan fingerprint density at radius 3 is 2.73 bits per heavy atom. The number of amides is 2. The summed E-state index contributed by atoms with van der Waals surface area (Å²) >= 11 is 1.29. The summed E-state index contributed by atoms with van der Waals surface area (Å²) in [6.07, 6.45) is 2.21. The van der Waals surface area contributed by atoms with Crippen molar-refractivity contribution in [1.82, 2.24) is 15.3 Å².